The number of ether oxygens (including phenoxy) is 1. The third-order valence-corrected chi connectivity index (χ3v) is 4.35. The molecule has 1 aromatic heterocycles. The number of rotatable bonds is 4. The number of anilines is 1. The molecule has 0 saturated carbocycles. The second-order valence-electron chi connectivity index (χ2n) is 6.03. The number of H-pyrrole nitrogens is 1. The summed E-state index contributed by atoms with van der Waals surface area (Å²) in [6, 6.07) is 16.6. The maximum absolute atomic E-state index is 5.88. The Morgan fingerprint density at radius 1 is 1.12 bits per heavy atom. The third kappa shape index (κ3) is 2.75. The predicted octanol–water partition coefficient (Wildman–Crippen LogP) is 4.35. The van der Waals surface area contributed by atoms with Crippen molar-refractivity contribution in [1.29, 1.82) is 0 Å². The van der Waals surface area contributed by atoms with E-state index >= 15 is 0 Å². The normalized spacial score (nSPS) is 13.5. The summed E-state index contributed by atoms with van der Waals surface area (Å²) in [7, 11) is 0. The summed E-state index contributed by atoms with van der Waals surface area (Å²) in [5.74, 6) is 1.85. The number of nitrogens with one attached hydrogen (secondary N) is 1. The van der Waals surface area contributed by atoms with E-state index in [2.05, 4.69) is 52.1 Å². The number of benzene rings is 2. The van der Waals surface area contributed by atoms with Gasteiger partial charge in [-0.1, -0.05) is 43.3 Å². The number of nitrogens with zero attached hydrogens (tertiary/aromatic N) is 2. The second kappa shape index (κ2) is 6.40. The van der Waals surface area contributed by atoms with Gasteiger partial charge in [-0.05, 0) is 18.6 Å². The average Bonchev–Trinajstić information content (AvgIpc) is 3.13. The van der Waals surface area contributed by atoms with E-state index in [1.807, 2.05) is 24.4 Å². The SMILES string of the molecule is CCCN1CCOc2cc(-c3cnc(-c4ccccc4)[nH]3)ccc21. The second-order valence-corrected chi connectivity index (χ2v) is 6.03. The van der Waals surface area contributed by atoms with Crippen molar-refractivity contribution in [2.24, 2.45) is 0 Å². The van der Waals surface area contributed by atoms with E-state index in [-0.39, 0.29) is 0 Å². The lowest BCUT2D eigenvalue weighted by Crippen LogP contribution is -2.33. The summed E-state index contributed by atoms with van der Waals surface area (Å²) < 4.78 is 5.88. The fourth-order valence-electron chi connectivity index (χ4n) is 3.16. The summed E-state index contributed by atoms with van der Waals surface area (Å²) >= 11 is 0. The van der Waals surface area contributed by atoms with Crippen LogP contribution in [-0.4, -0.2) is 29.7 Å². The molecular weight excluding hydrogens is 298 g/mol. The highest BCUT2D eigenvalue weighted by Crippen LogP contribution is 2.35. The summed E-state index contributed by atoms with van der Waals surface area (Å²) in [5, 5.41) is 0. The minimum Gasteiger partial charge on any atom is -0.490 e. The third-order valence-electron chi connectivity index (χ3n) is 4.35. The van der Waals surface area contributed by atoms with Crippen LogP contribution in [0.1, 0.15) is 13.3 Å². The fourth-order valence-corrected chi connectivity index (χ4v) is 3.16. The molecule has 0 amide bonds. The van der Waals surface area contributed by atoms with Gasteiger partial charge in [0.05, 0.1) is 24.1 Å². The Bertz CT molecular complexity index is 826. The number of imidazole rings is 1. The van der Waals surface area contributed by atoms with Gasteiger partial charge in [0.25, 0.3) is 0 Å². The number of hydrogen-bond donors (Lipinski definition) is 1. The smallest absolute Gasteiger partial charge is 0.143 e. The van der Waals surface area contributed by atoms with E-state index in [9.17, 15) is 0 Å². The Labute approximate surface area is 142 Å². The summed E-state index contributed by atoms with van der Waals surface area (Å²) in [4.78, 5) is 10.3. The van der Waals surface area contributed by atoms with Gasteiger partial charge in [-0.25, -0.2) is 4.98 Å². The molecule has 4 rings (SSSR count). The van der Waals surface area contributed by atoms with Gasteiger partial charge in [0, 0.05) is 17.7 Å². The lowest BCUT2D eigenvalue weighted by molar-refractivity contribution is 0.307. The van der Waals surface area contributed by atoms with Gasteiger partial charge in [-0.3, -0.25) is 0 Å². The average molecular weight is 319 g/mol. The van der Waals surface area contributed by atoms with Crippen LogP contribution in [0.5, 0.6) is 5.75 Å². The number of aromatic nitrogens is 2. The molecule has 4 heteroatoms. The van der Waals surface area contributed by atoms with Crippen LogP contribution in [0.25, 0.3) is 22.6 Å². The van der Waals surface area contributed by atoms with E-state index in [0.717, 1.165) is 54.5 Å². The quantitative estimate of drug-likeness (QED) is 0.777. The van der Waals surface area contributed by atoms with Gasteiger partial charge in [-0.2, -0.15) is 0 Å². The number of aromatic amines is 1. The molecule has 3 aromatic rings. The minimum absolute atomic E-state index is 0.745. The largest absolute Gasteiger partial charge is 0.490 e. The van der Waals surface area contributed by atoms with Crippen LogP contribution in [0.2, 0.25) is 0 Å². The monoisotopic (exact) mass is 319 g/mol. The van der Waals surface area contributed by atoms with Crippen LogP contribution in [-0.2, 0) is 0 Å². The van der Waals surface area contributed by atoms with Crippen molar-refractivity contribution in [3.8, 4) is 28.4 Å². The first-order valence-electron chi connectivity index (χ1n) is 8.48. The van der Waals surface area contributed by atoms with E-state index < -0.39 is 0 Å². The van der Waals surface area contributed by atoms with Gasteiger partial charge >= 0.3 is 0 Å². The first-order valence-corrected chi connectivity index (χ1v) is 8.48. The molecule has 0 unspecified atom stereocenters. The van der Waals surface area contributed by atoms with Gasteiger partial charge in [0.2, 0.25) is 0 Å². The van der Waals surface area contributed by atoms with Gasteiger partial charge in [-0.15, -0.1) is 0 Å². The van der Waals surface area contributed by atoms with Gasteiger partial charge in [0.15, 0.2) is 0 Å². The van der Waals surface area contributed by atoms with Crippen molar-refractivity contribution >= 4 is 5.69 Å². The molecule has 4 nitrogen and oxygen atoms in total. The number of fused-ring (bicyclic) bond motifs is 1. The zero-order valence-corrected chi connectivity index (χ0v) is 13.8. The Balaban J connectivity index is 1.65. The molecule has 1 aliphatic heterocycles. The van der Waals surface area contributed by atoms with Gasteiger partial charge in [0.1, 0.15) is 18.2 Å². The summed E-state index contributed by atoms with van der Waals surface area (Å²) in [6.07, 6.45) is 3.03. The van der Waals surface area contributed by atoms with E-state index in [1.54, 1.807) is 0 Å². The maximum atomic E-state index is 5.88. The highest BCUT2D eigenvalue weighted by molar-refractivity contribution is 5.71. The Morgan fingerprint density at radius 3 is 2.83 bits per heavy atom. The molecule has 0 saturated heterocycles. The molecule has 0 atom stereocenters. The first kappa shape index (κ1) is 14.8. The zero-order valence-electron chi connectivity index (χ0n) is 13.8. The van der Waals surface area contributed by atoms with Crippen molar-refractivity contribution in [1.82, 2.24) is 9.97 Å². The Hall–Kier alpha value is -2.75. The van der Waals surface area contributed by atoms with Crippen molar-refractivity contribution in [2.45, 2.75) is 13.3 Å². The summed E-state index contributed by atoms with van der Waals surface area (Å²) in [5.41, 5.74) is 4.39. The van der Waals surface area contributed by atoms with Crippen molar-refractivity contribution in [3.05, 3.63) is 54.7 Å². The van der Waals surface area contributed by atoms with Crippen molar-refractivity contribution < 1.29 is 4.74 Å². The zero-order chi connectivity index (χ0) is 16.4. The van der Waals surface area contributed by atoms with E-state index in [0.29, 0.717) is 0 Å². The molecule has 0 fully saturated rings. The van der Waals surface area contributed by atoms with Crippen molar-refractivity contribution in [2.75, 3.05) is 24.6 Å². The van der Waals surface area contributed by atoms with E-state index in [4.69, 9.17) is 4.74 Å². The van der Waals surface area contributed by atoms with Crippen LogP contribution < -0.4 is 9.64 Å². The molecule has 24 heavy (non-hydrogen) atoms. The Kier molecular flexibility index (Phi) is 3.95. The molecule has 0 spiro atoms. The Morgan fingerprint density at radius 2 is 2.00 bits per heavy atom. The van der Waals surface area contributed by atoms with Crippen molar-refractivity contribution in [3.63, 3.8) is 0 Å². The van der Waals surface area contributed by atoms with Crippen LogP contribution in [0.3, 0.4) is 0 Å². The molecular formula is C20H21N3O. The molecule has 0 aliphatic carbocycles. The lowest BCUT2D eigenvalue weighted by Gasteiger charge is -2.31. The molecule has 1 N–H and O–H groups in total. The van der Waals surface area contributed by atoms with Gasteiger partial charge < -0.3 is 14.6 Å². The topological polar surface area (TPSA) is 41.1 Å². The lowest BCUT2D eigenvalue weighted by atomic mass is 10.1. The van der Waals surface area contributed by atoms with Crippen LogP contribution in [0, 0.1) is 0 Å². The molecule has 122 valence electrons. The molecule has 0 bridgehead atoms. The molecule has 1 aliphatic rings. The summed E-state index contributed by atoms with van der Waals surface area (Å²) in [6.45, 7) is 4.98. The van der Waals surface area contributed by atoms with Crippen LogP contribution in [0.15, 0.2) is 54.7 Å². The minimum atomic E-state index is 0.745. The van der Waals surface area contributed by atoms with Crippen LogP contribution >= 0.6 is 0 Å². The maximum Gasteiger partial charge on any atom is 0.143 e. The highest BCUT2D eigenvalue weighted by atomic mass is 16.5. The predicted molar refractivity (Wildman–Crippen MR) is 97.5 cm³/mol. The molecule has 2 heterocycles. The van der Waals surface area contributed by atoms with Crippen LogP contribution in [0.4, 0.5) is 5.69 Å². The highest BCUT2D eigenvalue weighted by Gasteiger charge is 2.18. The van der Waals surface area contributed by atoms with E-state index in [1.165, 1.54) is 5.69 Å². The number of hydrogen-bond acceptors (Lipinski definition) is 3. The molecule has 2 aromatic carbocycles. The standard InChI is InChI=1S/C20H21N3O/c1-2-10-23-11-12-24-19-13-16(8-9-18(19)23)17-14-21-20(22-17)15-6-4-3-5-7-15/h3-9,13-14H,2,10-12H2,1H3,(H,21,22). The first-order chi connectivity index (χ1) is 11.8. The molecule has 0 radical (unpaired) electrons. The fraction of sp³-hybridized carbons (Fsp3) is 0.250.